The van der Waals surface area contributed by atoms with Crippen molar-refractivity contribution in [2.75, 3.05) is 11.9 Å². The normalized spacial score (nSPS) is 10.6. The number of fused-ring (bicyclic) bond motifs is 3. The minimum atomic E-state index is 0.570. The van der Waals surface area contributed by atoms with Gasteiger partial charge in [-0.25, -0.2) is 0 Å². The Morgan fingerprint density at radius 1 is 1.15 bits per heavy atom. The van der Waals surface area contributed by atoms with Crippen LogP contribution >= 0.6 is 12.2 Å². The molecule has 2 N–H and O–H groups in total. The van der Waals surface area contributed by atoms with Gasteiger partial charge in [0, 0.05) is 29.1 Å². The summed E-state index contributed by atoms with van der Waals surface area (Å²) in [6.45, 7) is 4.28. The highest BCUT2D eigenvalue weighted by atomic mass is 32.1. The van der Waals surface area contributed by atoms with Crippen molar-refractivity contribution in [1.82, 2.24) is 5.32 Å². The summed E-state index contributed by atoms with van der Waals surface area (Å²) in [4.78, 5) is 0. The Bertz CT molecular complexity index is 791. The van der Waals surface area contributed by atoms with E-state index < -0.39 is 0 Å². The van der Waals surface area contributed by atoms with Crippen molar-refractivity contribution in [1.29, 1.82) is 0 Å². The largest absolute Gasteiger partial charge is 0.456 e. The molecule has 0 saturated heterocycles. The van der Waals surface area contributed by atoms with Crippen molar-refractivity contribution in [2.24, 2.45) is 0 Å². The Morgan fingerprint density at radius 3 is 2.80 bits per heavy atom. The van der Waals surface area contributed by atoms with Crippen LogP contribution in [0.3, 0.4) is 0 Å². The van der Waals surface area contributed by atoms with Gasteiger partial charge in [0.2, 0.25) is 0 Å². The molecule has 1 heterocycles. The highest BCUT2D eigenvalue weighted by Gasteiger charge is 2.07. The molecule has 3 nitrogen and oxygen atoms in total. The number of benzene rings is 2. The highest BCUT2D eigenvalue weighted by Crippen LogP contribution is 2.30. The van der Waals surface area contributed by atoms with Crippen LogP contribution < -0.4 is 10.6 Å². The third kappa shape index (κ3) is 2.38. The van der Waals surface area contributed by atoms with E-state index in [4.69, 9.17) is 16.6 Å². The number of nitrogens with one attached hydrogen (secondary N) is 2. The third-order valence-corrected chi connectivity index (χ3v) is 3.29. The smallest absolute Gasteiger partial charge is 0.171 e. The van der Waals surface area contributed by atoms with Crippen molar-refractivity contribution in [3.63, 3.8) is 0 Å². The lowest BCUT2D eigenvalue weighted by atomic mass is 10.1. The quantitative estimate of drug-likeness (QED) is 0.561. The zero-order chi connectivity index (χ0) is 13.9. The summed E-state index contributed by atoms with van der Waals surface area (Å²) in [5, 5.41) is 8.96. The lowest BCUT2D eigenvalue weighted by molar-refractivity contribution is 0.669. The molecule has 4 heteroatoms. The van der Waals surface area contributed by atoms with Crippen LogP contribution in [0.25, 0.3) is 21.9 Å². The van der Waals surface area contributed by atoms with Crippen LogP contribution in [0.5, 0.6) is 0 Å². The lowest BCUT2D eigenvalue weighted by Crippen LogP contribution is -2.28. The zero-order valence-corrected chi connectivity index (χ0v) is 11.7. The van der Waals surface area contributed by atoms with Crippen LogP contribution in [0, 0.1) is 0 Å². The van der Waals surface area contributed by atoms with E-state index in [0.29, 0.717) is 11.7 Å². The van der Waals surface area contributed by atoms with Gasteiger partial charge in [-0.1, -0.05) is 24.3 Å². The molecule has 0 radical (unpaired) electrons. The summed E-state index contributed by atoms with van der Waals surface area (Å²) in [6.07, 6.45) is 1.76. The fourth-order valence-corrected chi connectivity index (χ4v) is 2.34. The summed E-state index contributed by atoms with van der Waals surface area (Å²) in [5.41, 5.74) is 2.65. The minimum absolute atomic E-state index is 0.570. The molecule has 0 unspecified atom stereocenters. The maximum Gasteiger partial charge on any atom is 0.171 e. The van der Waals surface area contributed by atoms with Crippen molar-refractivity contribution in [2.45, 2.75) is 0 Å². The number of thiocarbonyl (C=S) groups is 1. The Kier molecular flexibility index (Phi) is 3.39. The van der Waals surface area contributed by atoms with Gasteiger partial charge >= 0.3 is 0 Å². The van der Waals surface area contributed by atoms with Gasteiger partial charge < -0.3 is 15.1 Å². The first kappa shape index (κ1) is 12.7. The van der Waals surface area contributed by atoms with Crippen LogP contribution in [0.2, 0.25) is 0 Å². The first-order chi connectivity index (χ1) is 9.78. The molecule has 0 bridgehead atoms. The number of anilines is 1. The molecule has 0 spiro atoms. The van der Waals surface area contributed by atoms with E-state index in [9.17, 15) is 0 Å². The molecule has 0 aliphatic heterocycles. The van der Waals surface area contributed by atoms with E-state index in [1.54, 1.807) is 6.08 Å². The van der Waals surface area contributed by atoms with E-state index in [1.165, 1.54) is 0 Å². The van der Waals surface area contributed by atoms with E-state index in [1.807, 2.05) is 36.4 Å². The Hall–Kier alpha value is -2.33. The molecule has 0 aliphatic rings. The van der Waals surface area contributed by atoms with Crippen LogP contribution in [-0.4, -0.2) is 11.7 Å². The molecular weight excluding hydrogens is 268 g/mol. The summed E-state index contributed by atoms with van der Waals surface area (Å²) >= 11 is 5.19. The topological polar surface area (TPSA) is 37.2 Å². The Balaban J connectivity index is 1.92. The predicted octanol–water partition coefficient (Wildman–Crippen LogP) is 4.06. The fourth-order valence-electron chi connectivity index (χ4n) is 2.14. The van der Waals surface area contributed by atoms with Gasteiger partial charge in [-0.15, -0.1) is 6.58 Å². The second-order valence-corrected chi connectivity index (χ2v) is 4.84. The summed E-state index contributed by atoms with van der Waals surface area (Å²) < 4.78 is 5.84. The molecule has 0 amide bonds. The Morgan fingerprint density at radius 2 is 1.95 bits per heavy atom. The Labute approximate surface area is 122 Å². The van der Waals surface area contributed by atoms with Gasteiger partial charge in [-0.05, 0) is 30.4 Å². The van der Waals surface area contributed by atoms with Crippen LogP contribution in [-0.2, 0) is 0 Å². The zero-order valence-electron chi connectivity index (χ0n) is 10.8. The SMILES string of the molecule is C=CCNC(=S)Nc1ccc2c(c1)oc1ccccc12. The van der Waals surface area contributed by atoms with Gasteiger partial charge in [-0.3, -0.25) is 0 Å². The molecule has 1 aromatic heterocycles. The molecular formula is C16H14N2OS. The van der Waals surface area contributed by atoms with E-state index in [-0.39, 0.29) is 0 Å². The fraction of sp³-hybridized carbons (Fsp3) is 0.0625. The molecule has 0 saturated carbocycles. The maximum absolute atomic E-state index is 5.84. The van der Waals surface area contributed by atoms with E-state index in [2.05, 4.69) is 23.3 Å². The standard InChI is InChI=1S/C16H14N2OS/c1-2-9-17-16(20)18-11-7-8-13-12-5-3-4-6-14(12)19-15(13)10-11/h2-8,10H,1,9H2,(H2,17,18,20). The summed E-state index contributed by atoms with van der Waals surface area (Å²) in [6, 6.07) is 14.0. The maximum atomic E-state index is 5.84. The summed E-state index contributed by atoms with van der Waals surface area (Å²) in [5.74, 6) is 0. The van der Waals surface area contributed by atoms with Crippen molar-refractivity contribution >= 4 is 45.0 Å². The van der Waals surface area contributed by atoms with Crippen LogP contribution in [0.15, 0.2) is 59.5 Å². The molecule has 20 heavy (non-hydrogen) atoms. The predicted molar refractivity (Wildman–Crippen MR) is 88.1 cm³/mol. The summed E-state index contributed by atoms with van der Waals surface area (Å²) in [7, 11) is 0. The van der Waals surface area contributed by atoms with Gasteiger partial charge in [0.25, 0.3) is 0 Å². The molecule has 3 aromatic rings. The van der Waals surface area contributed by atoms with Crippen LogP contribution in [0.4, 0.5) is 5.69 Å². The first-order valence-electron chi connectivity index (χ1n) is 6.35. The van der Waals surface area contributed by atoms with Crippen molar-refractivity contribution < 1.29 is 4.42 Å². The second kappa shape index (κ2) is 5.35. The molecule has 0 atom stereocenters. The number of para-hydroxylation sites is 1. The van der Waals surface area contributed by atoms with E-state index >= 15 is 0 Å². The minimum Gasteiger partial charge on any atom is -0.456 e. The van der Waals surface area contributed by atoms with Crippen LogP contribution in [0.1, 0.15) is 0 Å². The molecule has 0 aliphatic carbocycles. The van der Waals surface area contributed by atoms with Gasteiger partial charge in [-0.2, -0.15) is 0 Å². The second-order valence-electron chi connectivity index (χ2n) is 4.43. The van der Waals surface area contributed by atoms with Crippen molar-refractivity contribution in [3.8, 4) is 0 Å². The average Bonchev–Trinajstić information content (AvgIpc) is 2.82. The number of rotatable bonds is 3. The van der Waals surface area contributed by atoms with Gasteiger partial charge in [0.05, 0.1) is 0 Å². The molecule has 0 fully saturated rings. The molecule has 100 valence electrons. The lowest BCUT2D eigenvalue weighted by Gasteiger charge is -2.08. The van der Waals surface area contributed by atoms with E-state index in [0.717, 1.165) is 27.6 Å². The third-order valence-electron chi connectivity index (χ3n) is 3.04. The number of furan rings is 1. The number of hydrogen-bond donors (Lipinski definition) is 2. The monoisotopic (exact) mass is 282 g/mol. The average molecular weight is 282 g/mol. The van der Waals surface area contributed by atoms with Gasteiger partial charge in [0.1, 0.15) is 11.2 Å². The first-order valence-corrected chi connectivity index (χ1v) is 6.76. The van der Waals surface area contributed by atoms with Gasteiger partial charge in [0.15, 0.2) is 5.11 Å². The molecule has 3 rings (SSSR count). The molecule has 2 aromatic carbocycles. The van der Waals surface area contributed by atoms with Crippen molar-refractivity contribution in [3.05, 3.63) is 55.1 Å². The number of hydrogen-bond acceptors (Lipinski definition) is 2. The highest BCUT2D eigenvalue weighted by molar-refractivity contribution is 7.80.